The van der Waals surface area contributed by atoms with Gasteiger partial charge in [0.2, 0.25) is 0 Å². The Morgan fingerprint density at radius 1 is 0.943 bits per heavy atom. The van der Waals surface area contributed by atoms with Gasteiger partial charge in [0.05, 0.1) is 12.9 Å². The van der Waals surface area contributed by atoms with Gasteiger partial charge in [-0.15, -0.1) is 0 Å². The molecule has 0 bridgehead atoms. The summed E-state index contributed by atoms with van der Waals surface area (Å²) in [5, 5.41) is 3.26. The average molecular weight is 534 g/mol. The van der Waals surface area contributed by atoms with Crippen LogP contribution in [0.5, 0.6) is 0 Å². The minimum absolute atomic E-state index is 0. The molecule has 0 atom stereocenters. The summed E-state index contributed by atoms with van der Waals surface area (Å²) in [7, 11) is -10.1. The zero-order valence-corrected chi connectivity index (χ0v) is 25.3. The Kier molecular flexibility index (Phi) is 10.2. The van der Waals surface area contributed by atoms with Gasteiger partial charge in [-0.2, -0.15) is 0 Å². The second-order valence-electron chi connectivity index (χ2n) is 7.77. The van der Waals surface area contributed by atoms with Crippen molar-refractivity contribution >= 4 is 25.8 Å². The second kappa shape index (κ2) is 11.7. The van der Waals surface area contributed by atoms with Gasteiger partial charge in [-0.1, -0.05) is 54.6 Å². The van der Waals surface area contributed by atoms with Gasteiger partial charge in [-0.3, -0.25) is 0 Å². The molecule has 1 N–H and O–H groups in total. The summed E-state index contributed by atoms with van der Waals surface area (Å²) in [5.41, 5.74) is 3.50. The number of rotatable bonds is 6. The number of nitrogens with one attached hydrogen (secondary N) is 1. The molecule has 2 aliphatic rings. The first-order valence-electron chi connectivity index (χ1n) is 10.0. The van der Waals surface area contributed by atoms with Crippen LogP contribution < -0.4 is 64.4 Å². The molecule has 0 aromatic heterocycles. The fourth-order valence-electron chi connectivity index (χ4n) is 4.26. The van der Waals surface area contributed by atoms with E-state index in [1.807, 2.05) is 18.2 Å². The van der Waals surface area contributed by atoms with Crippen LogP contribution in [0.4, 0.5) is 0 Å². The number of methoxy groups -OCH3 is 1. The zero-order valence-electron chi connectivity index (χ0n) is 19.6. The Morgan fingerprint density at radius 2 is 1.60 bits per heavy atom. The van der Waals surface area contributed by atoms with Crippen molar-refractivity contribution < 1.29 is 89.8 Å². The summed E-state index contributed by atoms with van der Waals surface area (Å²) in [4.78, 5) is 0. The molecule has 12 heteroatoms. The van der Waals surface area contributed by atoms with E-state index < -0.39 is 36.3 Å². The van der Waals surface area contributed by atoms with E-state index >= 15 is 0 Å². The molecular weight excluding hydrogens is 512 g/mol. The molecular formula is C23H21NNa2O7S2. The molecule has 0 unspecified atom stereocenters. The van der Waals surface area contributed by atoms with Crippen LogP contribution in [0.2, 0.25) is 0 Å². The predicted octanol–water partition coefficient (Wildman–Crippen LogP) is -3.62. The van der Waals surface area contributed by atoms with Crippen molar-refractivity contribution in [1.82, 2.24) is 5.32 Å². The molecule has 0 fully saturated rings. The fraction of sp³-hybridized carbons (Fsp3) is 0.217. The first kappa shape index (κ1) is 30.5. The van der Waals surface area contributed by atoms with Crippen LogP contribution in [0.3, 0.4) is 0 Å². The molecule has 0 radical (unpaired) electrons. The van der Waals surface area contributed by atoms with Crippen molar-refractivity contribution in [2.75, 3.05) is 7.11 Å². The molecule has 174 valence electrons. The van der Waals surface area contributed by atoms with E-state index in [0.717, 1.165) is 22.8 Å². The molecule has 1 heterocycles. The van der Waals surface area contributed by atoms with Crippen LogP contribution in [0, 0.1) is 0 Å². The normalized spacial score (nSPS) is 17.3. The Hall–Kier alpha value is -0.760. The Balaban J connectivity index is 0.00000216. The van der Waals surface area contributed by atoms with E-state index in [1.54, 1.807) is 30.3 Å². The molecule has 8 nitrogen and oxygen atoms in total. The maximum absolute atomic E-state index is 12.4. The monoisotopic (exact) mass is 533 g/mol. The van der Waals surface area contributed by atoms with Crippen LogP contribution in [0.1, 0.15) is 28.7 Å². The number of allylic oxidation sites excluding steroid dienone is 4. The fourth-order valence-corrected chi connectivity index (χ4v) is 6.73. The molecule has 2 aromatic carbocycles. The maximum atomic E-state index is 12.4. The molecule has 1 aliphatic carbocycles. The van der Waals surface area contributed by atoms with Gasteiger partial charge in [0.25, 0.3) is 0 Å². The standard InChI is InChI=1S/C23H23NO7S2.2Na/c1-31-19-11-10-18(23(13-19,32(25,26)27)33(28,29)30)12-21(16-6-3-2-4-7-16)20-9-5-8-17-14-24-15-22(17)20;;/h2-12,24H,13-15H2,1H3,(H,25,26,27)(H,28,29,30);;/q;2*+1/p-2. The minimum Gasteiger partial charge on any atom is -0.746 e. The van der Waals surface area contributed by atoms with Gasteiger partial charge in [0.15, 0.2) is 4.08 Å². The number of fused-ring (bicyclic) bond motifs is 1. The van der Waals surface area contributed by atoms with Gasteiger partial charge in [0.1, 0.15) is 20.2 Å². The van der Waals surface area contributed by atoms with Crippen LogP contribution >= 0.6 is 0 Å². The van der Waals surface area contributed by atoms with E-state index in [0.29, 0.717) is 24.2 Å². The molecule has 0 amide bonds. The van der Waals surface area contributed by atoms with Crippen LogP contribution in [0.25, 0.3) is 5.57 Å². The van der Waals surface area contributed by atoms with Gasteiger partial charge in [-0.05, 0) is 45.6 Å². The third-order valence-electron chi connectivity index (χ3n) is 5.93. The van der Waals surface area contributed by atoms with Crippen molar-refractivity contribution in [3.05, 3.63) is 100 Å². The molecule has 0 spiro atoms. The van der Waals surface area contributed by atoms with Gasteiger partial charge in [0, 0.05) is 19.5 Å². The molecule has 35 heavy (non-hydrogen) atoms. The van der Waals surface area contributed by atoms with E-state index in [-0.39, 0.29) is 64.9 Å². The molecule has 1 aliphatic heterocycles. The van der Waals surface area contributed by atoms with E-state index in [9.17, 15) is 25.9 Å². The van der Waals surface area contributed by atoms with Crippen molar-refractivity contribution in [2.24, 2.45) is 0 Å². The number of ether oxygens (including phenoxy) is 1. The van der Waals surface area contributed by atoms with Crippen LogP contribution in [-0.4, -0.2) is 37.1 Å². The second-order valence-corrected chi connectivity index (χ2v) is 11.2. The summed E-state index contributed by atoms with van der Waals surface area (Å²) >= 11 is 0. The largest absolute Gasteiger partial charge is 1.00 e. The Bertz CT molecular complexity index is 1370. The number of hydrogen-bond acceptors (Lipinski definition) is 8. The average Bonchev–Trinajstić information content (AvgIpc) is 3.25. The molecule has 0 saturated carbocycles. The van der Waals surface area contributed by atoms with Crippen LogP contribution in [0.15, 0.2) is 78.1 Å². The third-order valence-corrected chi connectivity index (χ3v) is 9.53. The van der Waals surface area contributed by atoms with Gasteiger partial charge < -0.3 is 19.2 Å². The van der Waals surface area contributed by atoms with Gasteiger partial charge in [-0.25, -0.2) is 16.8 Å². The van der Waals surface area contributed by atoms with Crippen LogP contribution in [-0.2, 0) is 38.1 Å². The maximum Gasteiger partial charge on any atom is 1.00 e. The summed E-state index contributed by atoms with van der Waals surface area (Å²) < 4.78 is 76.0. The SMILES string of the molecule is COC1=CC=C(C=C(c2ccccc2)c2cccc3c2CNC3)C(S(=O)(=O)[O-])(S(=O)(=O)[O-])C1.[Na+].[Na+]. The topological polar surface area (TPSA) is 136 Å². The first-order valence-corrected chi connectivity index (χ1v) is 12.9. The van der Waals surface area contributed by atoms with Crippen molar-refractivity contribution in [2.45, 2.75) is 23.6 Å². The quantitative estimate of drug-likeness (QED) is 0.297. The molecule has 4 rings (SSSR count). The van der Waals surface area contributed by atoms with E-state index in [1.165, 1.54) is 19.3 Å². The molecule has 2 aromatic rings. The third kappa shape index (κ3) is 5.73. The summed E-state index contributed by atoms with van der Waals surface area (Å²) in [6, 6.07) is 14.6. The van der Waals surface area contributed by atoms with Crippen molar-refractivity contribution in [1.29, 1.82) is 0 Å². The summed E-state index contributed by atoms with van der Waals surface area (Å²) in [6.07, 6.45) is 2.93. The Labute approximate surface area is 249 Å². The smallest absolute Gasteiger partial charge is 0.746 e. The number of benzene rings is 2. The Morgan fingerprint density at radius 3 is 2.20 bits per heavy atom. The first-order chi connectivity index (χ1) is 15.6. The van der Waals surface area contributed by atoms with Crippen molar-refractivity contribution in [3.8, 4) is 0 Å². The number of hydrogen-bond donors (Lipinski definition) is 1. The predicted molar refractivity (Wildman–Crippen MR) is 120 cm³/mol. The van der Waals surface area contributed by atoms with Gasteiger partial charge >= 0.3 is 59.1 Å². The van der Waals surface area contributed by atoms with E-state index in [2.05, 4.69) is 5.32 Å². The zero-order chi connectivity index (χ0) is 23.9. The summed E-state index contributed by atoms with van der Waals surface area (Å²) in [5.74, 6) is -0.0999. The minimum atomic E-state index is -5.66. The van der Waals surface area contributed by atoms with Crippen molar-refractivity contribution in [3.63, 3.8) is 0 Å². The molecule has 0 saturated heterocycles. The summed E-state index contributed by atoms with van der Waals surface area (Å²) in [6.45, 7) is 1.22. The van der Waals surface area contributed by atoms with E-state index in [4.69, 9.17) is 4.74 Å².